The predicted octanol–water partition coefficient (Wildman–Crippen LogP) is 1.60. The second-order valence-corrected chi connectivity index (χ2v) is 4.40. The predicted molar refractivity (Wildman–Crippen MR) is 63.9 cm³/mol. The minimum absolute atomic E-state index is 0.242. The van der Waals surface area contributed by atoms with E-state index in [9.17, 15) is 0 Å². The number of nitriles is 1. The summed E-state index contributed by atoms with van der Waals surface area (Å²) in [4.78, 5) is 4.02. The van der Waals surface area contributed by atoms with Crippen molar-refractivity contribution >= 4 is 0 Å². The first-order valence-electron chi connectivity index (χ1n) is 6.01. The van der Waals surface area contributed by atoms with E-state index in [0.717, 1.165) is 18.4 Å². The summed E-state index contributed by atoms with van der Waals surface area (Å²) in [6, 6.07) is 5.80. The van der Waals surface area contributed by atoms with E-state index >= 15 is 0 Å². The third-order valence-electron chi connectivity index (χ3n) is 3.34. The molecule has 0 bridgehead atoms. The fourth-order valence-electron chi connectivity index (χ4n) is 2.34. The van der Waals surface area contributed by atoms with Gasteiger partial charge in [-0.3, -0.25) is 0 Å². The average molecular weight is 231 g/mol. The molecule has 2 N–H and O–H groups in total. The summed E-state index contributed by atoms with van der Waals surface area (Å²) in [5, 5.41) is 8.92. The van der Waals surface area contributed by atoms with Crippen molar-refractivity contribution < 1.29 is 4.74 Å². The molecule has 2 atom stereocenters. The molecular formula is C13H17N3O. The lowest BCUT2D eigenvalue weighted by Gasteiger charge is -2.18. The molecule has 0 amide bonds. The Kier molecular flexibility index (Phi) is 4.08. The number of rotatable bonds is 4. The number of aromatic nitrogens is 1. The average Bonchev–Trinajstić information content (AvgIpc) is 2.84. The third-order valence-corrected chi connectivity index (χ3v) is 3.34. The molecule has 4 nitrogen and oxygen atoms in total. The molecule has 0 aliphatic heterocycles. The lowest BCUT2D eigenvalue weighted by atomic mass is 10.1. The van der Waals surface area contributed by atoms with Gasteiger partial charge in [0.25, 0.3) is 0 Å². The first-order valence-corrected chi connectivity index (χ1v) is 6.01. The molecule has 1 aliphatic carbocycles. The smallest absolute Gasteiger partial charge is 0.145 e. The first kappa shape index (κ1) is 12.0. The normalized spacial score (nSPS) is 23.5. The number of ether oxygens (including phenoxy) is 1. The van der Waals surface area contributed by atoms with Crippen molar-refractivity contribution in [3.63, 3.8) is 0 Å². The zero-order chi connectivity index (χ0) is 12.1. The maximum atomic E-state index is 8.92. The van der Waals surface area contributed by atoms with E-state index in [0.29, 0.717) is 24.8 Å². The molecule has 4 heteroatoms. The van der Waals surface area contributed by atoms with Crippen molar-refractivity contribution in [1.29, 1.82) is 5.26 Å². The minimum Gasteiger partial charge on any atom is -0.373 e. The van der Waals surface area contributed by atoms with E-state index in [1.807, 2.05) is 12.1 Å². The summed E-state index contributed by atoms with van der Waals surface area (Å²) in [6.07, 6.45) is 5.28. The molecule has 90 valence electrons. The monoisotopic (exact) mass is 231 g/mol. The summed E-state index contributed by atoms with van der Waals surface area (Å²) in [5.41, 5.74) is 7.02. The Hall–Kier alpha value is -1.44. The Morgan fingerprint density at radius 1 is 1.53 bits per heavy atom. The van der Waals surface area contributed by atoms with Gasteiger partial charge in [0.1, 0.15) is 11.8 Å². The highest BCUT2D eigenvalue weighted by Gasteiger charge is 2.26. The molecule has 1 aliphatic rings. The van der Waals surface area contributed by atoms with Crippen molar-refractivity contribution in [3.05, 3.63) is 29.6 Å². The third kappa shape index (κ3) is 2.82. The summed E-state index contributed by atoms with van der Waals surface area (Å²) in [7, 11) is 0. The number of hydrogen-bond acceptors (Lipinski definition) is 4. The molecular weight excluding hydrogens is 214 g/mol. The van der Waals surface area contributed by atoms with E-state index in [-0.39, 0.29) is 6.10 Å². The lowest BCUT2D eigenvalue weighted by molar-refractivity contribution is 0.0180. The van der Waals surface area contributed by atoms with Crippen LogP contribution in [-0.2, 0) is 11.3 Å². The molecule has 1 aromatic rings. The Morgan fingerprint density at radius 2 is 2.41 bits per heavy atom. The van der Waals surface area contributed by atoms with Gasteiger partial charge in [0.15, 0.2) is 0 Å². The van der Waals surface area contributed by atoms with Crippen LogP contribution in [0.5, 0.6) is 0 Å². The molecule has 17 heavy (non-hydrogen) atoms. The zero-order valence-corrected chi connectivity index (χ0v) is 9.80. The molecule has 1 heterocycles. The Balaban J connectivity index is 1.96. The van der Waals surface area contributed by atoms with Crippen molar-refractivity contribution in [1.82, 2.24) is 4.98 Å². The zero-order valence-electron chi connectivity index (χ0n) is 9.80. The Labute approximate surface area is 101 Å². The summed E-state index contributed by atoms with van der Waals surface area (Å²) < 4.78 is 5.86. The Bertz CT molecular complexity index is 413. The summed E-state index contributed by atoms with van der Waals surface area (Å²) >= 11 is 0. The van der Waals surface area contributed by atoms with Crippen molar-refractivity contribution in [2.75, 3.05) is 6.54 Å². The van der Waals surface area contributed by atoms with Crippen molar-refractivity contribution in [2.24, 2.45) is 11.7 Å². The van der Waals surface area contributed by atoms with Gasteiger partial charge < -0.3 is 10.5 Å². The quantitative estimate of drug-likeness (QED) is 0.854. The van der Waals surface area contributed by atoms with Crippen LogP contribution in [0.4, 0.5) is 0 Å². The van der Waals surface area contributed by atoms with E-state index < -0.39 is 0 Å². The van der Waals surface area contributed by atoms with Gasteiger partial charge >= 0.3 is 0 Å². The van der Waals surface area contributed by atoms with Gasteiger partial charge in [-0.1, -0.05) is 12.5 Å². The fourth-order valence-corrected chi connectivity index (χ4v) is 2.34. The van der Waals surface area contributed by atoms with Crippen LogP contribution < -0.4 is 5.73 Å². The van der Waals surface area contributed by atoms with E-state index in [1.165, 1.54) is 6.42 Å². The van der Waals surface area contributed by atoms with Gasteiger partial charge in [0, 0.05) is 11.8 Å². The second-order valence-electron chi connectivity index (χ2n) is 4.40. The molecule has 1 aromatic heterocycles. The number of hydrogen-bond donors (Lipinski definition) is 1. The van der Waals surface area contributed by atoms with Crippen LogP contribution in [0, 0.1) is 17.2 Å². The molecule has 1 saturated carbocycles. The molecule has 2 unspecified atom stereocenters. The maximum absolute atomic E-state index is 8.92. The molecule has 0 spiro atoms. The van der Waals surface area contributed by atoms with Gasteiger partial charge in [0.2, 0.25) is 0 Å². The van der Waals surface area contributed by atoms with Crippen molar-refractivity contribution in [2.45, 2.75) is 32.0 Å². The topological polar surface area (TPSA) is 71.9 Å². The summed E-state index contributed by atoms with van der Waals surface area (Å²) in [5.74, 6) is 0.470. The first-order chi connectivity index (χ1) is 8.35. The van der Waals surface area contributed by atoms with Crippen LogP contribution in [0.3, 0.4) is 0 Å². The Morgan fingerprint density at radius 3 is 3.18 bits per heavy atom. The van der Waals surface area contributed by atoms with Crippen LogP contribution in [-0.4, -0.2) is 17.6 Å². The number of pyridine rings is 1. The lowest BCUT2D eigenvalue weighted by Crippen LogP contribution is -2.25. The van der Waals surface area contributed by atoms with Crippen LogP contribution in [0.2, 0.25) is 0 Å². The molecule has 1 fully saturated rings. The summed E-state index contributed by atoms with van der Waals surface area (Å²) in [6.45, 7) is 1.14. The molecule has 0 saturated heterocycles. The maximum Gasteiger partial charge on any atom is 0.145 e. The fraction of sp³-hybridized carbons (Fsp3) is 0.538. The van der Waals surface area contributed by atoms with Gasteiger partial charge in [-0.15, -0.1) is 0 Å². The van der Waals surface area contributed by atoms with E-state index in [1.54, 1.807) is 6.20 Å². The van der Waals surface area contributed by atoms with Crippen LogP contribution >= 0.6 is 0 Å². The van der Waals surface area contributed by atoms with Crippen LogP contribution in [0.25, 0.3) is 0 Å². The van der Waals surface area contributed by atoms with E-state index in [2.05, 4.69) is 11.1 Å². The second kappa shape index (κ2) is 5.76. The standard InChI is InChI=1S/C13H17N3O/c14-7-10-3-1-5-13(10)17-9-11-4-2-6-16-12(11)8-15/h2,4,6,10,13H,1,3,5,7,9,14H2. The highest BCUT2D eigenvalue weighted by atomic mass is 16.5. The highest BCUT2D eigenvalue weighted by Crippen LogP contribution is 2.28. The SMILES string of the molecule is N#Cc1ncccc1COC1CCCC1CN. The number of nitrogens with two attached hydrogens (primary N) is 1. The van der Waals surface area contributed by atoms with Crippen LogP contribution in [0.15, 0.2) is 18.3 Å². The molecule has 0 radical (unpaired) electrons. The van der Waals surface area contributed by atoms with Crippen molar-refractivity contribution in [3.8, 4) is 6.07 Å². The van der Waals surface area contributed by atoms with Gasteiger partial charge in [-0.05, 0) is 31.4 Å². The number of nitrogens with zero attached hydrogens (tertiary/aromatic N) is 2. The van der Waals surface area contributed by atoms with Gasteiger partial charge in [-0.25, -0.2) is 4.98 Å². The van der Waals surface area contributed by atoms with Crippen LogP contribution in [0.1, 0.15) is 30.5 Å². The minimum atomic E-state index is 0.242. The molecule has 2 rings (SSSR count). The molecule has 0 aromatic carbocycles. The van der Waals surface area contributed by atoms with Gasteiger partial charge in [0.05, 0.1) is 12.7 Å². The van der Waals surface area contributed by atoms with E-state index in [4.69, 9.17) is 15.7 Å². The highest BCUT2D eigenvalue weighted by molar-refractivity contribution is 5.29. The van der Waals surface area contributed by atoms with Gasteiger partial charge in [-0.2, -0.15) is 5.26 Å². The largest absolute Gasteiger partial charge is 0.373 e.